The van der Waals surface area contributed by atoms with Crippen molar-refractivity contribution >= 4 is 5.82 Å². The third-order valence-electron chi connectivity index (χ3n) is 3.50. The van der Waals surface area contributed by atoms with Gasteiger partial charge in [0.25, 0.3) is 0 Å². The molecule has 1 aromatic heterocycles. The minimum Gasteiger partial charge on any atom is -0.381 e. The van der Waals surface area contributed by atoms with Gasteiger partial charge >= 0.3 is 0 Å². The molecule has 4 nitrogen and oxygen atoms in total. The summed E-state index contributed by atoms with van der Waals surface area (Å²) < 4.78 is 32.0. The Morgan fingerprint density at radius 3 is 2.95 bits per heavy atom. The fourth-order valence-corrected chi connectivity index (χ4v) is 2.32. The number of halogens is 2. The van der Waals surface area contributed by atoms with Crippen LogP contribution in [0, 0.1) is 11.6 Å². The molecule has 1 saturated heterocycles. The first-order valence-corrected chi connectivity index (χ1v) is 6.80. The van der Waals surface area contributed by atoms with Gasteiger partial charge in [-0.15, -0.1) is 0 Å². The lowest BCUT2D eigenvalue weighted by atomic mass is 10.1. The maximum Gasteiger partial charge on any atom is 0.129 e. The third kappa shape index (κ3) is 3.33. The van der Waals surface area contributed by atoms with Gasteiger partial charge in [-0.05, 0) is 24.6 Å². The van der Waals surface area contributed by atoms with Crippen LogP contribution in [0.1, 0.15) is 23.6 Å². The summed E-state index contributed by atoms with van der Waals surface area (Å²) in [5.74, 6) is -0.0305. The Labute approximate surface area is 121 Å². The molecule has 1 N–H and O–H groups in total. The molecule has 0 radical (unpaired) electrons. The highest BCUT2D eigenvalue weighted by molar-refractivity contribution is 5.37. The fourth-order valence-electron chi connectivity index (χ4n) is 2.32. The molecule has 110 valence electrons. The van der Waals surface area contributed by atoms with Crippen LogP contribution in [0.4, 0.5) is 14.6 Å². The quantitative estimate of drug-likeness (QED) is 0.941. The Balaban J connectivity index is 1.70. The lowest BCUT2D eigenvalue weighted by molar-refractivity contribution is 0.193. The van der Waals surface area contributed by atoms with Crippen LogP contribution in [-0.2, 0) is 11.3 Å². The van der Waals surface area contributed by atoms with Gasteiger partial charge < -0.3 is 10.1 Å². The summed E-state index contributed by atoms with van der Waals surface area (Å²) in [5, 5.41) is 2.99. The molecule has 0 aliphatic carbocycles. The summed E-state index contributed by atoms with van der Waals surface area (Å²) in [5.41, 5.74) is 1.17. The van der Waals surface area contributed by atoms with Crippen molar-refractivity contribution in [3.05, 3.63) is 53.5 Å². The van der Waals surface area contributed by atoms with E-state index in [4.69, 9.17) is 4.74 Å². The van der Waals surface area contributed by atoms with E-state index in [2.05, 4.69) is 15.3 Å². The molecule has 0 amide bonds. The monoisotopic (exact) mass is 291 g/mol. The number of hydrogen-bond donors (Lipinski definition) is 1. The number of rotatable bonds is 4. The van der Waals surface area contributed by atoms with Crippen LogP contribution >= 0.6 is 0 Å². The third-order valence-corrected chi connectivity index (χ3v) is 3.50. The Morgan fingerprint density at radius 2 is 2.14 bits per heavy atom. The maximum atomic E-state index is 13.5. The predicted octanol–water partition coefficient (Wildman–Crippen LogP) is 2.87. The molecule has 2 aromatic rings. The summed E-state index contributed by atoms with van der Waals surface area (Å²) in [7, 11) is 0. The average molecular weight is 291 g/mol. The van der Waals surface area contributed by atoms with Crippen molar-refractivity contribution in [2.24, 2.45) is 0 Å². The second-order valence-electron chi connectivity index (χ2n) is 4.98. The van der Waals surface area contributed by atoms with Crippen LogP contribution in [-0.4, -0.2) is 23.2 Å². The van der Waals surface area contributed by atoms with Crippen molar-refractivity contribution < 1.29 is 13.5 Å². The van der Waals surface area contributed by atoms with Crippen molar-refractivity contribution in [2.75, 3.05) is 18.5 Å². The summed E-state index contributed by atoms with van der Waals surface area (Å²) in [4.78, 5) is 8.34. The van der Waals surface area contributed by atoms with Crippen molar-refractivity contribution in [1.82, 2.24) is 9.97 Å². The summed E-state index contributed by atoms with van der Waals surface area (Å²) in [6.45, 7) is 1.57. The van der Waals surface area contributed by atoms with Crippen LogP contribution in [0.2, 0.25) is 0 Å². The van der Waals surface area contributed by atoms with Gasteiger partial charge in [0.2, 0.25) is 0 Å². The first-order chi connectivity index (χ1) is 10.2. The van der Waals surface area contributed by atoms with Gasteiger partial charge in [-0.2, -0.15) is 0 Å². The molecule has 1 aliphatic rings. The molecular formula is C15H15F2N3O. The molecule has 0 spiro atoms. The molecule has 21 heavy (non-hydrogen) atoms. The summed E-state index contributed by atoms with van der Waals surface area (Å²) in [6.07, 6.45) is 2.41. The first-order valence-electron chi connectivity index (χ1n) is 6.80. The Kier molecular flexibility index (Phi) is 4.06. The van der Waals surface area contributed by atoms with E-state index in [9.17, 15) is 8.78 Å². The fraction of sp³-hybridized carbons (Fsp3) is 0.333. The zero-order valence-electron chi connectivity index (χ0n) is 11.4. The van der Waals surface area contributed by atoms with Crippen LogP contribution in [0.3, 0.4) is 0 Å². The Hall–Kier alpha value is -2.08. The molecule has 0 unspecified atom stereocenters. The standard InChI is InChI=1S/C15H15F2N3O/c16-12-1-2-13(17)11(5-12)7-18-15-6-14(19-9-20-15)10-3-4-21-8-10/h1-2,5-6,9-10H,3-4,7-8H2,(H,18,19,20)/t10-/m1/s1. The molecule has 2 heterocycles. The highest BCUT2D eigenvalue weighted by atomic mass is 19.1. The number of aromatic nitrogens is 2. The average Bonchev–Trinajstić information content (AvgIpc) is 3.03. The molecule has 1 atom stereocenters. The van der Waals surface area contributed by atoms with Gasteiger partial charge in [0, 0.05) is 30.7 Å². The van der Waals surface area contributed by atoms with Gasteiger partial charge in [0.15, 0.2) is 0 Å². The number of nitrogens with one attached hydrogen (secondary N) is 1. The smallest absolute Gasteiger partial charge is 0.129 e. The predicted molar refractivity (Wildman–Crippen MR) is 73.9 cm³/mol. The highest BCUT2D eigenvalue weighted by Crippen LogP contribution is 2.24. The highest BCUT2D eigenvalue weighted by Gasteiger charge is 2.19. The van der Waals surface area contributed by atoms with E-state index >= 15 is 0 Å². The van der Waals surface area contributed by atoms with Crippen molar-refractivity contribution in [1.29, 1.82) is 0 Å². The zero-order valence-corrected chi connectivity index (χ0v) is 11.4. The lowest BCUT2D eigenvalue weighted by Gasteiger charge is -2.10. The zero-order chi connectivity index (χ0) is 14.7. The van der Waals surface area contributed by atoms with Crippen LogP contribution in [0.5, 0.6) is 0 Å². The minimum atomic E-state index is -0.459. The molecule has 3 rings (SSSR count). The molecule has 1 fully saturated rings. The van der Waals surface area contributed by atoms with E-state index in [1.54, 1.807) is 0 Å². The topological polar surface area (TPSA) is 47.0 Å². The van der Waals surface area contributed by atoms with Crippen LogP contribution in [0.15, 0.2) is 30.6 Å². The molecule has 6 heteroatoms. The number of hydrogen-bond acceptors (Lipinski definition) is 4. The van der Waals surface area contributed by atoms with E-state index in [0.29, 0.717) is 12.4 Å². The van der Waals surface area contributed by atoms with Crippen molar-refractivity contribution in [2.45, 2.75) is 18.9 Å². The SMILES string of the molecule is Fc1ccc(F)c(CNc2cc([C@@H]3CCOC3)ncn2)c1. The normalized spacial score (nSPS) is 17.9. The van der Waals surface area contributed by atoms with Crippen molar-refractivity contribution in [3.8, 4) is 0 Å². The Bertz CT molecular complexity index is 630. The van der Waals surface area contributed by atoms with E-state index in [1.165, 1.54) is 12.4 Å². The molecule has 0 saturated carbocycles. The number of ether oxygens (including phenoxy) is 1. The summed E-state index contributed by atoms with van der Waals surface area (Å²) >= 11 is 0. The van der Waals surface area contributed by atoms with Crippen molar-refractivity contribution in [3.63, 3.8) is 0 Å². The molecule has 1 aromatic carbocycles. The number of benzene rings is 1. The van der Waals surface area contributed by atoms with E-state index in [0.717, 1.165) is 30.9 Å². The minimum absolute atomic E-state index is 0.168. The Morgan fingerprint density at radius 1 is 1.24 bits per heavy atom. The molecular weight excluding hydrogens is 276 g/mol. The molecule has 1 aliphatic heterocycles. The van der Waals surface area contributed by atoms with Crippen LogP contribution < -0.4 is 5.32 Å². The largest absolute Gasteiger partial charge is 0.381 e. The second-order valence-corrected chi connectivity index (χ2v) is 4.98. The first kappa shape index (κ1) is 13.9. The van der Waals surface area contributed by atoms with Gasteiger partial charge in [-0.3, -0.25) is 0 Å². The van der Waals surface area contributed by atoms with Gasteiger partial charge in [0.05, 0.1) is 12.3 Å². The van der Waals surface area contributed by atoms with Crippen LogP contribution in [0.25, 0.3) is 0 Å². The summed E-state index contributed by atoms with van der Waals surface area (Å²) in [6, 6.07) is 5.22. The van der Waals surface area contributed by atoms with E-state index < -0.39 is 11.6 Å². The van der Waals surface area contributed by atoms with Gasteiger partial charge in [0.1, 0.15) is 23.8 Å². The van der Waals surface area contributed by atoms with E-state index in [-0.39, 0.29) is 18.0 Å². The number of anilines is 1. The molecule has 0 bridgehead atoms. The number of nitrogens with zero attached hydrogens (tertiary/aromatic N) is 2. The lowest BCUT2D eigenvalue weighted by Crippen LogP contribution is -2.07. The van der Waals surface area contributed by atoms with Gasteiger partial charge in [-0.1, -0.05) is 0 Å². The van der Waals surface area contributed by atoms with E-state index in [1.807, 2.05) is 6.07 Å². The maximum absolute atomic E-state index is 13.5. The van der Waals surface area contributed by atoms with Gasteiger partial charge in [-0.25, -0.2) is 18.7 Å². The second kappa shape index (κ2) is 6.13.